The van der Waals surface area contributed by atoms with E-state index in [1.165, 1.54) is 22.7 Å². The summed E-state index contributed by atoms with van der Waals surface area (Å²) in [6, 6.07) is 15.4. The molecule has 0 fully saturated rings. The standard InChI is InChI=1S/C19H12ClN7S2/c20-12-7-5-11(6-8-12)9-21-18-26-24-15(28-18)10-22-19-27-25-16-13-3-1-2-4-14(13)23-17(16)29-19/h1-9,23H,10H2/b21-9+,22-19?. The highest BCUT2D eigenvalue weighted by Gasteiger charge is 2.06. The van der Waals surface area contributed by atoms with Crippen molar-refractivity contribution in [1.82, 2.24) is 25.4 Å². The third-order valence-electron chi connectivity index (χ3n) is 4.07. The lowest BCUT2D eigenvalue weighted by Crippen LogP contribution is -2.05. The molecule has 3 aromatic heterocycles. The molecule has 0 saturated heterocycles. The average molecular weight is 438 g/mol. The maximum absolute atomic E-state index is 5.88. The first-order chi connectivity index (χ1) is 14.2. The van der Waals surface area contributed by atoms with Gasteiger partial charge in [0.05, 0.1) is 6.54 Å². The molecule has 0 spiro atoms. The quantitative estimate of drug-likeness (QED) is 0.418. The molecule has 0 radical (unpaired) electrons. The van der Waals surface area contributed by atoms with Gasteiger partial charge in [-0.1, -0.05) is 64.6 Å². The summed E-state index contributed by atoms with van der Waals surface area (Å²) in [6.07, 6.45) is 1.73. The number of nitrogens with one attached hydrogen (secondary N) is 1. The van der Waals surface area contributed by atoms with Crippen molar-refractivity contribution in [3.8, 4) is 0 Å². The molecule has 0 aliphatic carbocycles. The molecule has 0 aliphatic heterocycles. The van der Waals surface area contributed by atoms with Gasteiger partial charge in [-0.25, -0.2) is 9.98 Å². The Labute approximate surface area is 177 Å². The summed E-state index contributed by atoms with van der Waals surface area (Å²) in [7, 11) is 0. The number of fused-ring (bicyclic) bond motifs is 3. The minimum Gasteiger partial charge on any atom is -0.345 e. The van der Waals surface area contributed by atoms with Crippen LogP contribution in [0.1, 0.15) is 10.6 Å². The van der Waals surface area contributed by atoms with Crippen LogP contribution in [-0.2, 0) is 6.54 Å². The van der Waals surface area contributed by atoms with Crippen LogP contribution in [0.3, 0.4) is 0 Å². The molecule has 142 valence electrons. The third kappa shape index (κ3) is 3.93. The number of H-pyrrole nitrogens is 1. The first-order valence-corrected chi connectivity index (χ1v) is 10.6. The Morgan fingerprint density at radius 3 is 2.72 bits per heavy atom. The number of nitrogens with zero attached hydrogens (tertiary/aromatic N) is 6. The third-order valence-corrected chi connectivity index (χ3v) is 6.04. The number of aliphatic imine (C=N–C) groups is 1. The zero-order valence-electron chi connectivity index (χ0n) is 14.8. The highest BCUT2D eigenvalue weighted by Crippen LogP contribution is 2.23. The number of rotatable bonds is 4. The maximum Gasteiger partial charge on any atom is 0.231 e. The van der Waals surface area contributed by atoms with Gasteiger partial charge in [-0.15, -0.1) is 20.4 Å². The van der Waals surface area contributed by atoms with E-state index in [-0.39, 0.29) is 0 Å². The Hall–Kier alpha value is -3.01. The van der Waals surface area contributed by atoms with Crippen LogP contribution in [0.2, 0.25) is 5.02 Å². The van der Waals surface area contributed by atoms with E-state index in [0.717, 1.165) is 31.8 Å². The molecule has 1 N–H and O–H groups in total. The summed E-state index contributed by atoms with van der Waals surface area (Å²) in [5.74, 6) is 0. The van der Waals surface area contributed by atoms with Crippen molar-refractivity contribution >= 4 is 66.9 Å². The fraction of sp³-hybridized carbons (Fsp3) is 0.0526. The summed E-state index contributed by atoms with van der Waals surface area (Å²) in [5, 5.41) is 19.9. The Morgan fingerprint density at radius 2 is 1.83 bits per heavy atom. The average Bonchev–Trinajstić information content (AvgIpc) is 3.35. The van der Waals surface area contributed by atoms with Crippen molar-refractivity contribution in [2.45, 2.75) is 6.54 Å². The predicted molar refractivity (Wildman–Crippen MR) is 117 cm³/mol. The van der Waals surface area contributed by atoms with Crippen molar-refractivity contribution in [1.29, 1.82) is 0 Å². The van der Waals surface area contributed by atoms with Crippen molar-refractivity contribution in [3.05, 3.63) is 68.9 Å². The molecule has 2 aromatic carbocycles. The van der Waals surface area contributed by atoms with Crippen molar-refractivity contribution in [2.24, 2.45) is 9.98 Å². The molecule has 5 aromatic rings. The monoisotopic (exact) mass is 437 g/mol. The van der Waals surface area contributed by atoms with Crippen LogP contribution < -0.4 is 4.80 Å². The molecular formula is C19H12ClN7S2. The number of aromatic nitrogens is 5. The summed E-state index contributed by atoms with van der Waals surface area (Å²) in [4.78, 5) is 13.8. The Morgan fingerprint density at radius 1 is 0.966 bits per heavy atom. The van der Waals surface area contributed by atoms with Gasteiger partial charge in [0.25, 0.3) is 0 Å². The minimum atomic E-state index is 0.380. The minimum absolute atomic E-state index is 0.380. The van der Waals surface area contributed by atoms with Gasteiger partial charge in [-0.2, -0.15) is 0 Å². The van der Waals surface area contributed by atoms with E-state index in [0.29, 0.717) is 21.5 Å². The molecular weight excluding hydrogens is 426 g/mol. The topological polar surface area (TPSA) is 92.1 Å². The number of benzene rings is 2. The van der Waals surface area contributed by atoms with Crippen molar-refractivity contribution in [2.75, 3.05) is 0 Å². The predicted octanol–water partition coefficient (Wildman–Crippen LogP) is 4.53. The van der Waals surface area contributed by atoms with Crippen LogP contribution in [-0.4, -0.2) is 31.6 Å². The fourth-order valence-corrected chi connectivity index (χ4v) is 4.25. The molecule has 0 amide bonds. The molecule has 29 heavy (non-hydrogen) atoms. The van der Waals surface area contributed by atoms with E-state index in [1.54, 1.807) is 6.21 Å². The fourth-order valence-electron chi connectivity index (χ4n) is 2.72. The molecule has 10 heteroatoms. The SMILES string of the molecule is Clc1ccc(/C=N/c2nnc(CN=c3nnc4c([nH]c5ccccc54)s3)s2)cc1. The van der Waals surface area contributed by atoms with Crippen LogP contribution in [0.25, 0.3) is 21.3 Å². The molecule has 3 heterocycles. The summed E-state index contributed by atoms with van der Waals surface area (Å²) in [6.45, 7) is 0.380. The van der Waals surface area contributed by atoms with Crippen LogP contribution in [0.15, 0.2) is 58.5 Å². The number of aromatic amines is 1. The zero-order chi connectivity index (χ0) is 19.6. The zero-order valence-corrected chi connectivity index (χ0v) is 17.2. The lowest BCUT2D eigenvalue weighted by Gasteiger charge is -1.91. The first kappa shape index (κ1) is 18.0. The molecule has 0 bridgehead atoms. The second kappa shape index (κ2) is 7.78. The molecule has 0 saturated carbocycles. The van der Waals surface area contributed by atoms with E-state index >= 15 is 0 Å². The number of hydrogen-bond acceptors (Lipinski definition) is 8. The molecule has 0 aliphatic rings. The lowest BCUT2D eigenvalue weighted by molar-refractivity contribution is 0.904. The van der Waals surface area contributed by atoms with Gasteiger partial charge >= 0.3 is 0 Å². The molecule has 5 rings (SSSR count). The second-order valence-electron chi connectivity index (χ2n) is 6.04. The normalized spacial score (nSPS) is 12.5. The van der Waals surface area contributed by atoms with E-state index in [9.17, 15) is 0 Å². The van der Waals surface area contributed by atoms with E-state index < -0.39 is 0 Å². The number of para-hydroxylation sites is 1. The van der Waals surface area contributed by atoms with Crippen LogP contribution in [0.5, 0.6) is 0 Å². The maximum atomic E-state index is 5.88. The van der Waals surface area contributed by atoms with E-state index in [2.05, 4.69) is 35.4 Å². The number of hydrogen-bond donors (Lipinski definition) is 1. The molecule has 0 atom stereocenters. The Balaban J connectivity index is 1.35. The summed E-state index contributed by atoms with van der Waals surface area (Å²) < 4.78 is 0. The Kier molecular flexibility index (Phi) is 4.84. The summed E-state index contributed by atoms with van der Waals surface area (Å²) >= 11 is 8.74. The van der Waals surface area contributed by atoms with Crippen LogP contribution in [0.4, 0.5) is 5.13 Å². The van der Waals surface area contributed by atoms with Gasteiger partial charge in [0.1, 0.15) is 15.4 Å². The van der Waals surface area contributed by atoms with Crippen molar-refractivity contribution < 1.29 is 0 Å². The van der Waals surface area contributed by atoms with Crippen LogP contribution >= 0.6 is 34.3 Å². The van der Waals surface area contributed by atoms with E-state index in [1.807, 2.05) is 48.5 Å². The summed E-state index contributed by atoms with van der Waals surface area (Å²) in [5.41, 5.74) is 2.84. The second-order valence-corrected chi connectivity index (χ2v) is 8.49. The van der Waals surface area contributed by atoms with Gasteiger partial charge in [-0.3, -0.25) is 0 Å². The van der Waals surface area contributed by atoms with E-state index in [4.69, 9.17) is 11.6 Å². The highest BCUT2D eigenvalue weighted by molar-refractivity contribution is 7.15. The Bertz CT molecular complexity index is 1400. The van der Waals surface area contributed by atoms with Gasteiger partial charge in [0, 0.05) is 22.1 Å². The van der Waals surface area contributed by atoms with Gasteiger partial charge in [-0.05, 0) is 23.8 Å². The van der Waals surface area contributed by atoms with Gasteiger partial charge < -0.3 is 4.98 Å². The smallest absolute Gasteiger partial charge is 0.231 e. The molecule has 7 nitrogen and oxygen atoms in total. The number of halogens is 1. The van der Waals surface area contributed by atoms with Crippen molar-refractivity contribution in [3.63, 3.8) is 0 Å². The lowest BCUT2D eigenvalue weighted by atomic mass is 10.2. The van der Waals surface area contributed by atoms with Gasteiger partial charge in [0.15, 0.2) is 0 Å². The van der Waals surface area contributed by atoms with Gasteiger partial charge in [0.2, 0.25) is 9.93 Å². The first-order valence-electron chi connectivity index (χ1n) is 8.61. The molecule has 0 unspecified atom stereocenters. The largest absolute Gasteiger partial charge is 0.345 e. The highest BCUT2D eigenvalue weighted by atomic mass is 35.5. The van der Waals surface area contributed by atoms with Crippen LogP contribution in [0, 0.1) is 0 Å².